The third kappa shape index (κ3) is 2.61. The molecule has 1 heterocycles. The van der Waals surface area contributed by atoms with Crippen molar-refractivity contribution >= 4 is 23.3 Å². The third-order valence-corrected chi connectivity index (χ3v) is 3.39. The molecule has 0 unspecified atom stereocenters. The van der Waals surface area contributed by atoms with E-state index in [-0.39, 0.29) is 16.8 Å². The zero-order chi connectivity index (χ0) is 13.1. The fraction of sp³-hybridized carbons (Fsp3) is 0.600. The quantitative estimate of drug-likeness (QED) is 0.649. The first-order chi connectivity index (χ1) is 8.59. The van der Waals surface area contributed by atoms with Crippen molar-refractivity contribution in [2.75, 3.05) is 0 Å². The molecular formula is C10H13ClN4O3. The van der Waals surface area contributed by atoms with E-state index in [1.165, 1.54) is 6.42 Å². The SMILES string of the molecule is O=C(NC1CCCCC1)c1n[nH]c([N+](=O)[O-])c1Cl. The van der Waals surface area contributed by atoms with Gasteiger partial charge in [0.25, 0.3) is 5.91 Å². The van der Waals surface area contributed by atoms with Gasteiger partial charge in [-0.25, -0.2) is 0 Å². The topological polar surface area (TPSA) is 101 Å². The molecule has 0 atom stereocenters. The number of hydrogen-bond acceptors (Lipinski definition) is 4. The summed E-state index contributed by atoms with van der Waals surface area (Å²) in [5.41, 5.74) is -0.117. The smallest absolute Gasteiger partial charge is 0.358 e. The van der Waals surface area contributed by atoms with E-state index in [0.717, 1.165) is 25.7 Å². The van der Waals surface area contributed by atoms with Gasteiger partial charge in [0.1, 0.15) is 0 Å². The van der Waals surface area contributed by atoms with E-state index in [9.17, 15) is 14.9 Å². The number of amides is 1. The first kappa shape index (κ1) is 12.8. The highest BCUT2D eigenvalue weighted by atomic mass is 35.5. The largest absolute Gasteiger partial charge is 0.362 e. The van der Waals surface area contributed by atoms with Crippen LogP contribution in [0.25, 0.3) is 0 Å². The fourth-order valence-electron chi connectivity index (χ4n) is 2.09. The van der Waals surface area contributed by atoms with Gasteiger partial charge in [0.05, 0.1) is 0 Å². The second kappa shape index (κ2) is 5.34. The van der Waals surface area contributed by atoms with Crippen LogP contribution in [0.5, 0.6) is 0 Å². The number of nitro groups is 1. The van der Waals surface area contributed by atoms with E-state index in [4.69, 9.17) is 11.6 Å². The van der Waals surface area contributed by atoms with Gasteiger partial charge in [-0.1, -0.05) is 36.0 Å². The number of nitrogens with one attached hydrogen (secondary N) is 2. The van der Waals surface area contributed by atoms with Crippen LogP contribution in [0, 0.1) is 10.1 Å². The number of aromatic amines is 1. The molecule has 1 aliphatic rings. The molecule has 98 valence electrons. The second-order valence-corrected chi connectivity index (χ2v) is 4.68. The van der Waals surface area contributed by atoms with Crippen LogP contribution < -0.4 is 5.32 Å². The number of halogens is 1. The van der Waals surface area contributed by atoms with Crippen molar-refractivity contribution in [3.05, 3.63) is 20.8 Å². The van der Waals surface area contributed by atoms with E-state index in [1.807, 2.05) is 0 Å². The zero-order valence-corrected chi connectivity index (χ0v) is 10.4. The van der Waals surface area contributed by atoms with Crippen LogP contribution >= 0.6 is 11.6 Å². The molecule has 1 fully saturated rings. The third-order valence-electron chi connectivity index (χ3n) is 3.03. The Morgan fingerprint density at radius 2 is 2.11 bits per heavy atom. The predicted molar refractivity (Wildman–Crippen MR) is 64.6 cm³/mol. The van der Waals surface area contributed by atoms with Gasteiger partial charge in [-0.2, -0.15) is 0 Å². The van der Waals surface area contributed by atoms with Gasteiger partial charge in [-0.05, 0) is 17.8 Å². The number of nitrogens with zero attached hydrogens (tertiary/aromatic N) is 2. The molecule has 0 spiro atoms. The highest BCUT2D eigenvalue weighted by molar-refractivity contribution is 6.35. The molecule has 0 saturated heterocycles. The van der Waals surface area contributed by atoms with Crippen molar-refractivity contribution in [3.8, 4) is 0 Å². The van der Waals surface area contributed by atoms with E-state index >= 15 is 0 Å². The summed E-state index contributed by atoms with van der Waals surface area (Å²) >= 11 is 5.74. The van der Waals surface area contributed by atoms with Crippen LogP contribution in [0.15, 0.2) is 0 Å². The summed E-state index contributed by atoms with van der Waals surface area (Å²) in [4.78, 5) is 21.7. The summed E-state index contributed by atoms with van der Waals surface area (Å²) in [6, 6.07) is 0.109. The van der Waals surface area contributed by atoms with E-state index in [0.29, 0.717) is 0 Å². The van der Waals surface area contributed by atoms with Crippen LogP contribution in [-0.2, 0) is 0 Å². The average molecular weight is 273 g/mol. The first-order valence-corrected chi connectivity index (χ1v) is 6.16. The van der Waals surface area contributed by atoms with Gasteiger partial charge in [-0.3, -0.25) is 4.79 Å². The van der Waals surface area contributed by atoms with Gasteiger partial charge < -0.3 is 15.4 Å². The molecule has 18 heavy (non-hydrogen) atoms. The maximum Gasteiger partial charge on any atom is 0.362 e. The summed E-state index contributed by atoms with van der Waals surface area (Å²) < 4.78 is 0. The second-order valence-electron chi connectivity index (χ2n) is 4.30. The maximum absolute atomic E-state index is 11.9. The zero-order valence-electron chi connectivity index (χ0n) is 9.61. The van der Waals surface area contributed by atoms with Crippen LogP contribution in [0.4, 0.5) is 5.82 Å². The number of carbonyl (C=O) groups is 1. The number of carbonyl (C=O) groups excluding carboxylic acids is 1. The molecule has 2 rings (SSSR count). The summed E-state index contributed by atoms with van der Waals surface area (Å²) in [6.45, 7) is 0. The van der Waals surface area contributed by atoms with Crippen molar-refractivity contribution in [1.82, 2.24) is 15.5 Å². The number of rotatable bonds is 3. The Hall–Kier alpha value is -1.63. The van der Waals surface area contributed by atoms with Crippen LogP contribution in [0.1, 0.15) is 42.6 Å². The van der Waals surface area contributed by atoms with Crippen molar-refractivity contribution in [1.29, 1.82) is 0 Å². The first-order valence-electron chi connectivity index (χ1n) is 5.78. The molecule has 7 nitrogen and oxygen atoms in total. The minimum atomic E-state index is -0.702. The summed E-state index contributed by atoms with van der Waals surface area (Å²) in [7, 11) is 0. The van der Waals surface area contributed by atoms with Gasteiger partial charge in [-0.15, -0.1) is 5.10 Å². The van der Waals surface area contributed by atoms with Gasteiger partial charge in [0, 0.05) is 6.04 Å². The molecule has 0 bridgehead atoms. The normalized spacial score (nSPS) is 16.5. The predicted octanol–water partition coefficient (Wildman–Crippen LogP) is 2.03. The van der Waals surface area contributed by atoms with Crippen molar-refractivity contribution < 1.29 is 9.72 Å². The van der Waals surface area contributed by atoms with Gasteiger partial charge in [0.2, 0.25) is 0 Å². The highest BCUT2D eigenvalue weighted by Crippen LogP contribution is 2.25. The van der Waals surface area contributed by atoms with Crippen LogP contribution in [0.2, 0.25) is 5.02 Å². The summed E-state index contributed by atoms with van der Waals surface area (Å²) in [5, 5.41) is 18.9. The van der Waals surface area contributed by atoms with E-state index in [2.05, 4.69) is 15.5 Å². The minimum Gasteiger partial charge on any atom is -0.358 e. The Labute approximate surface area is 108 Å². The van der Waals surface area contributed by atoms with Crippen molar-refractivity contribution in [2.24, 2.45) is 0 Å². The lowest BCUT2D eigenvalue weighted by Gasteiger charge is -2.22. The minimum absolute atomic E-state index is 0.109. The van der Waals surface area contributed by atoms with Gasteiger partial charge in [0.15, 0.2) is 10.7 Å². The van der Waals surface area contributed by atoms with Crippen LogP contribution in [0.3, 0.4) is 0 Å². The maximum atomic E-state index is 11.9. The Morgan fingerprint density at radius 1 is 1.44 bits per heavy atom. The molecule has 2 N–H and O–H groups in total. The molecule has 0 radical (unpaired) electrons. The lowest BCUT2D eigenvalue weighted by Crippen LogP contribution is -2.36. The summed E-state index contributed by atoms with van der Waals surface area (Å²) in [5.74, 6) is -0.915. The lowest BCUT2D eigenvalue weighted by atomic mass is 9.95. The molecule has 0 aliphatic heterocycles. The van der Waals surface area contributed by atoms with E-state index in [1.54, 1.807) is 0 Å². The molecule has 1 aromatic rings. The Bertz CT molecular complexity index is 468. The Morgan fingerprint density at radius 3 is 2.67 bits per heavy atom. The standard InChI is InChI=1S/C10H13ClN4O3/c11-7-8(13-14-9(7)15(17)18)10(16)12-6-4-2-1-3-5-6/h6H,1-5H2,(H,12,16)(H,13,14). The Kier molecular flexibility index (Phi) is 3.81. The number of aromatic nitrogens is 2. The number of H-pyrrole nitrogens is 1. The molecule has 1 aromatic heterocycles. The molecule has 1 saturated carbocycles. The molecule has 1 amide bonds. The van der Waals surface area contributed by atoms with Crippen LogP contribution in [-0.4, -0.2) is 27.1 Å². The summed E-state index contributed by atoms with van der Waals surface area (Å²) in [6.07, 6.45) is 5.20. The van der Waals surface area contributed by atoms with Gasteiger partial charge >= 0.3 is 5.82 Å². The van der Waals surface area contributed by atoms with Crippen molar-refractivity contribution in [2.45, 2.75) is 38.1 Å². The van der Waals surface area contributed by atoms with Crippen molar-refractivity contribution in [3.63, 3.8) is 0 Å². The molecular weight excluding hydrogens is 260 g/mol. The average Bonchev–Trinajstić information content (AvgIpc) is 2.72. The molecule has 0 aromatic carbocycles. The lowest BCUT2D eigenvalue weighted by molar-refractivity contribution is -0.389. The number of hydrogen-bond donors (Lipinski definition) is 2. The van der Waals surface area contributed by atoms with E-state index < -0.39 is 16.6 Å². The monoisotopic (exact) mass is 272 g/mol. The Balaban J connectivity index is 2.06. The molecule has 1 aliphatic carbocycles. The highest BCUT2D eigenvalue weighted by Gasteiger charge is 2.26. The molecule has 8 heteroatoms. The fourth-order valence-corrected chi connectivity index (χ4v) is 2.33.